The fourth-order valence-corrected chi connectivity index (χ4v) is 2.78. The predicted molar refractivity (Wildman–Crippen MR) is 85.0 cm³/mol. The van der Waals surface area contributed by atoms with Crippen molar-refractivity contribution >= 4 is 17.0 Å². The first kappa shape index (κ1) is 14.2. The highest BCUT2D eigenvalue weighted by atomic mass is 32.1. The number of hydrogen-bond acceptors (Lipinski definition) is 5. The van der Waals surface area contributed by atoms with E-state index >= 15 is 0 Å². The fraction of sp³-hybridized carbons (Fsp3) is 0.0625. The molecule has 5 nitrogen and oxygen atoms in total. The van der Waals surface area contributed by atoms with Crippen LogP contribution in [-0.2, 0) is 6.61 Å². The van der Waals surface area contributed by atoms with E-state index in [1.165, 1.54) is 17.4 Å². The molecule has 0 fully saturated rings. The van der Waals surface area contributed by atoms with Crippen molar-refractivity contribution in [3.05, 3.63) is 75.8 Å². The van der Waals surface area contributed by atoms with Gasteiger partial charge in [0.05, 0.1) is 10.6 Å². The lowest BCUT2D eigenvalue weighted by atomic mass is 10.2. The minimum atomic E-state index is -0.453. The van der Waals surface area contributed by atoms with Crippen molar-refractivity contribution in [3.8, 4) is 16.3 Å². The maximum Gasteiger partial charge on any atom is 0.310 e. The van der Waals surface area contributed by atoms with E-state index in [0.717, 1.165) is 16.3 Å². The molecule has 2 aromatic carbocycles. The first-order valence-corrected chi connectivity index (χ1v) is 7.48. The average molecular weight is 312 g/mol. The zero-order chi connectivity index (χ0) is 15.4. The van der Waals surface area contributed by atoms with E-state index < -0.39 is 4.92 Å². The summed E-state index contributed by atoms with van der Waals surface area (Å²) < 4.78 is 5.54. The smallest absolute Gasteiger partial charge is 0.310 e. The summed E-state index contributed by atoms with van der Waals surface area (Å²) in [6.45, 7) is 0.203. The molecule has 0 atom stereocenters. The predicted octanol–water partition coefficient (Wildman–Crippen LogP) is 4.30. The molecule has 0 spiro atoms. The number of nitro groups is 1. The Bertz CT molecular complexity index is 787. The molecule has 0 aliphatic rings. The number of aromatic nitrogens is 1. The number of ether oxygens (including phenoxy) is 1. The third-order valence-corrected chi connectivity index (χ3v) is 3.95. The fourth-order valence-electron chi connectivity index (χ4n) is 1.97. The molecule has 3 rings (SSSR count). The molecule has 0 amide bonds. The second-order valence-electron chi connectivity index (χ2n) is 4.52. The number of nitro benzene ring substituents is 1. The summed E-state index contributed by atoms with van der Waals surface area (Å²) in [6.07, 6.45) is 0. The molecule has 0 unspecified atom stereocenters. The first-order valence-electron chi connectivity index (χ1n) is 6.60. The van der Waals surface area contributed by atoms with E-state index in [1.54, 1.807) is 18.2 Å². The van der Waals surface area contributed by atoms with Crippen LogP contribution in [0.4, 0.5) is 5.69 Å². The number of rotatable bonds is 5. The van der Waals surface area contributed by atoms with E-state index in [9.17, 15) is 10.1 Å². The van der Waals surface area contributed by atoms with Crippen LogP contribution in [0.3, 0.4) is 0 Å². The van der Waals surface area contributed by atoms with Crippen LogP contribution in [0.15, 0.2) is 60.0 Å². The van der Waals surface area contributed by atoms with Gasteiger partial charge in [-0.3, -0.25) is 10.1 Å². The molecule has 6 heteroatoms. The van der Waals surface area contributed by atoms with Crippen molar-refractivity contribution < 1.29 is 9.66 Å². The van der Waals surface area contributed by atoms with Gasteiger partial charge in [0.25, 0.3) is 0 Å². The second kappa shape index (κ2) is 6.36. The van der Waals surface area contributed by atoms with Crippen LogP contribution < -0.4 is 4.74 Å². The van der Waals surface area contributed by atoms with Gasteiger partial charge in [0.2, 0.25) is 0 Å². The minimum Gasteiger partial charge on any atom is -0.480 e. The summed E-state index contributed by atoms with van der Waals surface area (Å²) in [5.74, 6) is 0.252. The van der Waals surface area contributed by atoms with Crippen LogP contribution in [0.5, 0.6) is 5.75 Å². The van der Waals surface area contributed by atoms with Crippen molar-refractivity contribution in [1.29, 1.82) is 0 Å². The molecule has 22 heavy (non-hydrogen) atoms. The summed E-state index contributed by atoms with van der Waals surface area (Å²) in [6, 6.07) is 16.2. The molecule has 1 aromatic heterocycles. The Morgan fingerprint density at radius 3 is 2.59 bits per heavy atom. The Balaban J connectivity index is 1.73. The zero-order valence-electron chi connectivity index (χ0n) is 11.5. The molecule has 0 aliphatic heterocycles. The number of nitrogens with zero attached hydrogens (tertiary/aromatic N) is 2. The molecule has 0 radical (unpaired) electrons. The lowest BCUT2D eigenvalue weighted by Crippen LogP contribution is -1.99. The van der Waals surface area contributed by atoms with E-state index in [4.69, 9.17) is 4.74 Å². The van der Waals surface area contributed by atoms with E-state index in [1.807, 2.05) is 35.7 Å². The SMILES string of the molecule is O=[N+]([O-])c1ccccc1OCc1csc(-c2ccccc2)n1. The molecular weight excluding hydrogens is 300 g/mol. The van der Waals surface area contributed by atoms with Gasteiger partial charge in [-0.2, -0.15) is 0 Å². The summed E-state index contributed by atoms with van der Waals surface area (Å²) >= 11 is 1.52. The highest BCUT2D eigenvalue weighted by Crippen LogP contribution is 2.28. The van der Waals surface area contributed by atoms with Gasteiger partial charge < -0.3 is 4.74 Å². The van der Waals surface area contributed by atoms with Gasteiger partial charge in [0.1, 0.15) is 11.6 Å². The van der Waals surface area contributed by atoms with E-state index in [0.29, 0.717) is 0 Å². The van der Waals surface area contributed by atoms with Crippen LogP contribution in [-0.4, -0.2) is 9.91 Å². The summed E-state index contributed by atoms with van der Waals surface area (Å²) in [5.41, 5.74) is 1.76. The number of benzene rings is 2. The van der Waals surface area contributed by atoms with Crippen molar-refractivity contribution in [2.24, 2.45) is 0 Å². The third-order valence-electron chi connectivity index (χ3n) is 3.01. The van der Waals surface area contributed by atoms with Crippen molar-refractivity contribution in [2.75, 3.05) is 0 Å². The van der Waals surface area contributed by atoms with Gasteiger partial charge in [-0.1, -0.05) is 42.5 Å². The maximum absolute atomic E-state index is 10.9. The topological polar surface area (TPSA) is 65.3 Å². The van der Waals surface area contributed by atoms with E-state index in [-0.39, 0.29) is 18.0 Å². The van der Waals surface area contributed by atoms with Crippen molar-refractivity contribution in [1.82, 2.24) is 4.98 Å². The quantitative estimate of drug-likeness (QED) is 0.520. The highest BCUT2D eigenvalue weighted by Gasteiger charge is 2.14. The summed E-state index contributed by atoms with van der Waals surface area (Å²) in [7, 11) is 0. The number of thiazole rings is 1. The molecule has 110 valence electrons. The number of para-hydroxylation sites is 2. The Morgan fingerprint density at radius 2 is 1.82 bits per heavy atom. The van der Waals surface area contributed by atoms with Crippen LogP contribution in [0.2, 0.25) is 0 Å². The standard InChI is InChI=1S/C16H12N2O3S/c19-18(20)14-8-4-5-9-15(14)21-10-13-11-22-16(17-13)12-6-2-1-3-7-12/h1-9,11H,10H2. The van der Waals surface area contributed by atoms with Gasteiger partial charge in [-0.15, -0.1) is 11.3 Å². The van der Waals surface area contributed by atoms with Gasteiger partial charge >= 0.3 is 5.69 Å². The monoisotopic (exact) mass is 312 g/mol. The van der Waals surface area contributed by atoms with E-state index in [2.05, 4.69) is 4.98 Å². The lowest BCUT2D eigenvalue weighted by Gasteiger charge is -2.04. The summed E-state index contributed by atoms with van der Waals surface area (Å²) in [4.78, 5) is 15.0. The maximum atomic E-state index is 10.9. The molecule has 0 bridgehead atoms. The lowest BCUT2D eigenvalue weighted by molar-refractivity contribution is -0.385. The molecule has 0 saturated carbocycles. The average Bonchev–Trinajstić information content (AvgIpc) is 3.03. The van der Waals surface area contributed by atoms with Crippen LogP contribution in [0.1, 0.15) is 5.69 Å². The molecule has 0 saturated heterocycles. The molecule has 3 aromatic rings. The molecular formula is C16H12N2O3S. The highest BCUT2D eigenvalue weighted by molar-refractivity contribution is 7.13. The summed E-state index contributed by atoms with van der Waals surface area (Å²) in [5, 5.41) is 13.7. The van der Waals surface area contributed by atoms with Crippen molar-refractivity contribution in [3.63, 3.8) is 0 Å². The third kappa shape index (κ3) is 3.12. The first-order chi connectivity index (χ1) is 10.7. The Hall–Kier alpha value is -2.73. The zero-order valence-corrected chi connectivity index (χ0v) is 12.3. The normalized spacial score (nSPS) is 10.4. The van der Waals surface area contributed by atoms with Gasteiger partial charge in [-0.25, -0.2) is 4.98 Å². The molecule has 1 heterocycles. The minimum absolute atomic E-state index is 0.0407. The van der Waals surface area contributed by atoms with Gasteiger partial charge in [0.15, 0.2) is 5.75 Å². The second-order valence-corrected chi connectivity index (χ2v) is 5.38. The van der Waals surface area contributed by atoms with Crippen LogP contribution in [0.25, 0.3) is 10.6 Å². The molecule has 0 N–H and O–H groups in total. The van der Waals surface area contributed by atoms with Gasteiger partial charge in [0, 0.05) is 17.0 Å². The van der Waals surface area contributed by atoms with Gasteiger partial charge in [-0.05, 0) is 6.07 Å². The Kier molecular flexibility index (Phi) is 4.11. The Labute approximate surface area is 131 Å². The Morgan fingerprint density at radius 1 is 1.09 bits per heavy atom. The largest absolute Gasteiger partial charge is 0.480 e. The van der Waals surface area contributed by atoms with Crippen LogP contribution in [0, 0.1) is 10.1 Å². The molecule has 0 aliphatic carbocycles. The van der Waals surface area contributed by atoms with Crippen LogP contribution >= 0.6 is 11.3 Å². The number of hydrogen-bond donors (Lipinski definition) is 0. The van der Waals surface area contributed by atoms with Crippen molar-refractivity contribution in [2.45, 2.75) is 6.61 Å².